The van der Waals surface area contributed by atoms with E-state index in [0.29, 0.717) is 11.4 Å². The smallest absolute Gasteiger partial charge is 0.263 e. The summed E-state index contributed by atoms with van der Waals surface area (Å²) < 4.78 is 0. The molecule has 1 unspecified atom stereocenters. The van der Waals surface area contributed by atoms with E-state index in [-0.39, 0.29) is 16.7 Å². The molecule has 1 aromatic rings. The summed E-state index contributed by atoms with van der Waals surface area (Å²) in [4.78, 5) is 16.9. The second-order valence-corrected chi connectivity index (χ2v) is 7.54. The number of rotatable bonds is 4. The molecule has 1 N–H and O–H groups in total. The quantitative estimate of drug-likeness (QED) is 0.861. The van der Waals surface area contributed by atoms with E-state index in [1.807, 2.05) is 13.8 Å². The lowest BCUT2D eigenvalue weighted by molar-refractivity contribution is 0.0955. The fourth-order valence-electron chi connectivity index (χ4n) is 1.76. The van der Waals surface area contributed by atoms with Gasteiger partial charge in [-0.05, 0) is 25.7 Å². The number of alkyl halides is 1. The van der Waals surface area contributed by atoms with Crippen LogP contribution in [0.1, 0.15) is 47.6 Å². The molecule has 18 heavy (non-hydrogen) atoms. The third kappa shape index (κ3) is 4.94. The van der Waals surface area contributed by atoms with Crippen molar-refractivity contribution in [2.45, 2.75) is 46.4 Å². The average molecular weight is 289 g/mol. The number of hydrogen-bond donors (Lipinski definition) is 1. The summed E-state index contributed by atoms with van der Waals surface area (Å²) in [5.41, 5.74) is 0.964. The Labute approximate surface area is 118 Å². The molecule has 0 radical (unpaired) electrons. The van der Waals surface area contributed by atoms with Crippen LogP contribution >= 0.6 is 22.9 Å². The molecule has 1 heterocycles. The van der Waals surface area contributed by atoms with E-state index in [1.165, 1.54) is 11.3 Å². The number of aromatic nitrogens is 1. The lowest BCUT2D eigenvalue weighted by Crippen LogP contribution is -2.31. The predicted molar refractivity (Wildman–Crippen MR) is 77.6 cm³/mol. The van der Waals surface area contributed by atoms with Crippen molar-refractivity contribution in [3.05, 3.63) is 15.6 Å². The van der Waals surface area contributed by atoms with E-state index < -0.39 is 0 Å². The van der Waals surface area contributed by atoms with Gasteiger partial charge in [-0.2, -0.15) is 0 Å². The van der Waals surface area contributed by atoms with Crippen molar-refractivity contribution >= 4 is 28.8 Å². The monoisotopic (exact) mass is 288 g/mol. The van der Waals surface area contributed by atoms with Crippen LogP contribution in [0.15, 0.2) is 0 Å². The molecule has 0 aliphatic heterocycles. The fraction of sp³-hybridized carbons (Fsp3) is 0.692. The van der Waals surface area contributed by atoms with Crippen molar-refractivity contribution in [3.8, 4) is 0 Å². The van der Waals surface area contributed by atoms with Gasteiger partial charge in [0.15, 0.2) is 0 Å². The zero-order chi connectivity index (χ0) is 13.9. The third-order valence-corrected chi connectivity index (χ3v) is 3.81. The minimum atomic E-state index is -0.0716. The van der Waals surface area contributed by atoms with Crippen molar-refractivity contribution in [2.24, 2.45) is 5.41 Å². The Morgan fingerprint density at radius 2 is 2.06 bits per heavy atom. The summed E-state index contributed by atoms with van der Waals surface area (Å²) >= 11 is 7.64. The minimum Gasteiger partial charge on any atom is -0.350 e. The van der Waals surface area contributed by atoms with E-state index in [1.54, 1.807) is 0 Å². The highest BCUT2D eigenvalue weighted by Gasteiger charge is 2.19. The van der Waals surface area contributed by atoms with E-state index in [2.05, 4.69) is 31.1 Å². The molecule has 1 amide bonds. The highest BCUT2D eigenvalue weighted by molar-refractivity contribution is 7.13. The lowest BCUT2D eigenvalue weighted by Gasteiger charge is -2.21. The van der Waals surface area contributed by atoms with Crippen molar-refractivity contribution in [1.82, 2.24) is 10.3 Å². The summed E-state index contributed by atoms with van der Waals surface area (Å²) in [5, 5.41) is 3.75. The van der Waals surface area contributed by atoms with E-state index in [0.717, 1.165) is 17.1 Å². The van der Waals surface area contributed by atoms with Gasteiger partial charge in [0.1, 0.15) is 4.88 Å². The van der Waals surface area contributed by atoms with Gasteiger partial charge >= 0.3 is 0 Å². The Balaban J connectivity index is 2.49. The number of carbonyl (C=O) groups is 1. The molecule has 5 heteroatoms. The van der Waals surface area contributed by atoms with Crippen molar-refractivity contribution in [2.75, 3.05) is 6.54 Å². The first kappa shape index (κ1) is 15.4. The second kappa shape index (κ2) is 6.02. The highest BCUT2D eigenvalue weighted by atomic mass is 35.5. The molecule has 3 nitrogen and oxygen atoms in total. The van der Waals surface area contributed by atoms with Crippen molar-refractivity contribution in [1.29, 1.82) is 0 Å². The number of nitrogens with one attached hydrogen (secondary N) is 1. The van der Waals surface area contributed by atoms with Gasteiger partial charge in [0.2, 0.25) is 0 Å². The zero-order valence-electron chi connectivity index (χ0n) is 11.6. The molecule has 1 atom stereocenters. The number of nitrogens with zero attached hydrogens (tertiary/aromatic N) is 1. The summed E-state index contributed by atoms with van der Waals surface area (Å²) in [6.45, 7) is 10.7. The van der Waals surface area contributed by atoms with Crippen LogP contribution in [0.25, 0.3) is 0 Å². The lowest BCUT2D eigenvalue weighted by atomic mass is 9.90. The maximum Gasteiger partial charge on any atom is 0.263 e. The fourth-order valence-corrected chi connectivity index (χ4v) is 3.14. The van der Waals surface area contributed by atoms with Crippen LogP contribution in [0.4, 0.5) is 0 Å². The maximum atomic E-state index is 11.9. The number of halogens is 1. The van der Waals surface area contributed by atoms with E-state index in [4.69, 9.17) is 11.6 Å². The van der Waals surface area contributed by atoms with Gasteiger partial charge in [-0.15, -0.1) is 22.9 Å². The SMILES string of the molecule is Cc1nc(C)c(C(=O)NCC(Cl)CC(C)(C)C)s1. The predicted octanol–water partition coefficient (Wildman–Crippen LogP) is 3.53. The molecule has 0 bridgehead atoms. The molecule has 1 rings (SSSR count). The number of carbonyl (C=O) groups excluding carboxylic acids is 1. The summed E-state index contributed by atoms with van der Waals surface area (Å²) in [6.07, 6.45) is 0.871. The first-order valence-electron chi connectivity index (χ1n) is 6.05. The summed E-state index contributed by atoms with van der Waals surface area (Å²) in [6, 6.07) is 0. The Morgan fingerprint density at radius 1 is 1.44 bits per heavy atom. The number of hydrogen-bond acceptors (Lipinski definition) is 3. The Bertz CT molecular complexity index is 423. The molecule has 0 saturated heterocycles. The molecule has 1 aromatic heterocycles. The summed E-state index contributed by atoms with van der Waals surface area (Å²) in [7, 11) is 0. The van der Waals surface area contributed by atoms with Crippen LogP contribution in [0.2, 0.25) is 0 Å². The van der Waals surface area contributed by atoms with Gasteiger partial charge in [-0.1, -0.05) is 20.8 Å². The molecule has 0 saturated carbocycles. The van der Waals surface area contributed by atoms with E-state index >= 15 is 0 Å². The zero-order valence-corrected chi connectivity index (χ0v) is 13.2. The molecule has 0 aliphatic carbocycles. The van der Waals surface area contributed by atoms with Crippen LogP contribution < -0.4 is 5.32 Å². The Hall–Kier alpha value is -0.610. The van der Waals surface area contributed by atoms with Crippen LogP contribution in [0.3, 0.4) is 0 Å². The van der Waals surface area contributed by atoms with Gasteiger partial charge in [-0.3, -0.25) is 4.79 Å². The molecule has 0 aliphatic rings. The van der Waals surface area contributed by atoms with Gasteiger partial charge < -0.3 is 5.32 Å². The van der Waals surface area contributed by atoms with Crippen molar-refractivity contribution in [3.63, 3.8) is 0 Å². The standard InChI is InChI=1S/C13H21ClN2OS/c1-8-11(18-9(2)16-8)12(17)15-7-10(14)6-13(3,4)5/h10H,6-7H2,1-5H3,(H,15,17). The molecular formula is C13H21ClN2OS. The number of aryl methyl sites for hydroxylation is 2. The van der Waals surface area contributed by atoms with E-state index in [9.17, 15) is 4.79 Å². The largest absolute Gasteiger partial charge is 0.350 e. The van der Waals surface area contributed by atoms with Crippen LogP contribution in [0, 0.1) is 19.3 Å². The topological polar surface area (TPSA) is 42.0 Å². The van der Waals surface area contributed by atoms with Crippen molar-refractivity contribution < 1.29 is 4.79 Å². The first-order valence-corrected chi connectivity index (χ1v) is 7.30. The molecular weight excluding hydrogens is 268 g/mol. The van der Waals surface area contributed by atoms with Crippen LogP contribution in [-0.2, 0) is 0 Å². The molecule has 102 valence electrons. The van der Waals surface area contributed by atoms with Crippen LogP contribution in [-0.4, -0.2) is 22.8 Å². The average Bonchev–Trinajstić information content (AvgIpc) is 2.52. The van der Waals surface area contributed by atoms with Gasteiger partial charge in [0.05, 0.1) is 16.1 Å². The summed E-state index contributed by atoms with van der Waals surface area (Å²) in [5.74, 6) is -0.0716. The Kier molecular flexibility index (Phi) is 5.17. The van der Waals surface area contributed by atoms with Crippen LogP contribution in [0.5, 0.6) is 0 Å². The number of amides is 1. The molecule has 0 aromatic carbocycles. The number of thiazole rings is 1. The second-order valence-electron chi connectivity index (χ2n) is 5.72. The highest BCUT2D eigenvalue weighted by Crippen LogP contribution is 2.23. The maximum absolute atomic E-state index is 11.9. The Morgan fingerprint density at radius 3 is 2.50 bits per heavy atom. The third-order valence-electron chi connectivity index (χ3n) is 2.43. The van der Waals surface area contributed by atoms with Gasteiger partial charge in [-0.25, -0.2) is 4.98 Å². The normalized spacial score (nSPS) is 13.4. The first-order chi connectivity index (χ1) is 8.19. The molecule has 0 fully saturated rings. The van der Waals surface area contributed by atoms with Gasteiger partial charge in [0, 0.05) is 6.54 Å². The molecule has 0 spiro atoms. The van der Waals surface area contributed by atoms with Gasteiger partial charge in [0.25, 0.3) is 5.91 Å². The minimum absolute atomic E-state index is 0.0386.